The fourth-order valence-corrected chi connectivity index (χ4v) is 3.33. The van der Waals surface area contributed by atoms with Gasteiger partial charge in [0.2, 0.25) is 11.9 Å². The van der Waals surface area contributed by atoms with Gasteiger partial charge in [0.25, 0.3) is 0 Å². The monoisotopic (exact) mass is 371 g/mol. The summed E-state index contributed by atoms with van der Waals surface area (Å²) >= 11 is 5.91. The third-order valence-corrected chi connectivity index (χ3v) is 5.03. The topological polar surface area (TPSA) is 116 Å². The minimum Gasteiger partial charge on any atom is -0.382 e. The van der Waals surface area contributed by atoms with Gasteiger partial charge in [-0.2, -0.15) is 9.97 Å². The second-order valence-electron chi connectivity index (χ2n) is 6.46. The number of halogens is 1. The number of anilines is 2. The first-order valence-corrected chi connectivity index (χ1v) is 8.61. The van der Waals surface area contributed by atoms with E-state index in [0.29, 0.717) is 29.3 Å². The Balaban J connectivity index is 1.48. The van der Waals surface area contributed by atoms with Gasteiger partial charge in [-0.1, -0.05) is 23.7 Å². The Morgan fingerprint density at radius 1 is 1.23 bits per heavy atom. The van der Waals surface area contributed by atoms with Crippen LogP contribution in [0.3, 0.4) is 0 Å². The lowest BCUT2D eigenvalue weighted by Crippen LogP contribution is -2.51. The number of amides is 1. The maximum atomic E-state index is 12.7. The van der Waals surface area contributed by atoms with E-state index in [0.717, 1.165) is 5.56 Å². The lowest BCUT2D eigenvalue weighted by Gasteiger charge is -2.41. The Bertz CT molecular complexity index is 979. The molecule has 1 atom stereocenters. The molecule has 1 aromatic carbocycles. The average molecular weight is 372 g/mol. The summed E-state index contributed by atoms with van der Waals surface area (Å²) in [7, 11) is 0. The van der Waals surface area contributed by atoms with Crippen molar-refractivity contribution in [1.29, 1.82) is 0 Å². The molecule has 1 amide bonds. The predicted molar refractivity (Wildman–Crippen MR) is 99.6 cm³/mol. The summed E-state index contributed by atoms with van der Waals surface area (Å²) in [6.07, 6.45) is 1.67. The number of fused-ring (bicyclic) bond motifs is 1. The van der Waals surface area contributed by atoms with Crippen LogP contribution in [-0.4, -0.2) is 43.4 Å². The molecule has 0 aliphatic carbocycles. The first kappa shape index (κ1) is 16.6. The van der Waals surface area contributed by atoms with E-state index in [1.807, 2.05) is 28.5 Å². The molecule has 134 valence electrons. The smallest absolute Gasteiger partial charge is 0.229 e. The molecule has 0 spiro atoms. The van der Waals surface area contributed by atoms with Gasteiger partial charge in [0.1, 0.15) is 5.52 Å². The Labute approximate surface area is 154 Å². The molecule has 1 fully saturated rings. The molecule has 0 bridgehead atoms. The number of rotatable bonds is 3. The Kier molecular flexibility index (Phi) is 3.91. The molecule has 26 heavy (non-hydrogen) atoms. The fraction of sp³-hybridized carbons (Fsp3) is 0.294. The maximum Gasteiger partial charge on any atom is 0.229 e. The number of imidazole rings is 1. The first-order chi connectivity index (χ1) is 12.4. The van der Waals surface area contributed by atoms with E-state index >= 15 is 0 Å². The minimum absolute atomic E-state index is 0.0849. The first-order valence-electron chi connectivity index (χ1n) is 8.24. The van der Waals surface area contributed by atoms with Crippen LogP contribution in [0.1, 0.15) is 24.4 Å². The normalized spacial score (nSPS) is 15.8. The van der Waals surface area contributed by atoms with Crippen molar-refractivity contribution in [3.05, 3.63) is 41.2 Å². The Hall–Kier alpha value is -2.87. The summed E-state index contributed by atoms with van der Waals surface area (Å²) in [4.78, 5) is 26.9. The van der Waals surface area contributed by atoms with E-state index in [1.54, 1.807) is 18.5 Å². The third kappa shape index (κ3) is 2.72. The molecule has 3 aromatic rings. The van der Waals surface area contributed by atoms with Crippen LogP contribution in [0, 0.1) is 0 Å². The number of nitrogens with zero attached hydrogens (tertiary/aromatic N) is 5. The molecular formula is C17H18ClN7O. The van der Waals surface area contributed by atoms with Crippen molar-refractivity contribution >= 4 is 40.4 Å². The third-order valence-electron chi connectivity index (χ3n) is 4.77. The fourth-order valence-electron chi connectivity index (χ4n) is 3.20. The second kappa shape index (κ2) is 6.14. The van der Waals surface area contributed by atoms with E-state index in [9.17, 15) is 4.79 Å². The Morgan fingerprint density at radius 3 is 2.62 bits per heavy atom. The van der Waals surface area contributed by atoms with Crippen LogP contribution in [-0.2, 0) is 4.79 Å². The van der Waals surface area contributed by atoms with E-state index in [1.165, 1.54) is 0 Å². The number of carbonyl (C=O) groups excluding carboxylic acids is 1. The van der Waals surface area contributed by atoms with Crippen LogP contribution in [0.4, 0.5) is 11.8 Å². The van der Waals surface area contributed by atoms with Crippen molar-refractivity contribution in [2.24, 2.45) is 0 Å². The number of aromatic nitrogens is 4. The number of likely N-dealkylation sites (tertiary alicyclic amines) is 1. The molecule has 1 unspecified atom stereocenters. The zero-order valence-corrected chi connectivity index (χ0v) is 14.9. The van der Waals surface area contributed by atoms with Crippen molar-refractivity contribution in [1.82, 2.24) is 24.4 Å². The van der Waals surface area contributed by atoms with Gasteiger partial charge < -0.3 is 20.9 Å². The highest BCUT2D eigenvalue weighted by Gasteiger charge is 2.35. The molecule has 1 saturated heterocycles. The molecule has 0 radical (unpaired) electrons. The van der Waals surface area contributed by atoms with Gasteiger partial charge in [0, 0.05) is 18.1 Å². The summed E-state index contributed by atoms with van der Waals surface area (Å²) in [5.41, 5.74) is 13.6. The highest BCUT2D eigenvalue weighted by molar-refractivity contribution is 6.30. The van der Waals surface area contributed by atoms with Crippen LogP contribution in [0.15, 0.2) is 30.6 Å². The van der Waals surface area contributed by atoms with Crippen molar-refractivity contribution in [3.8, 4) is 0 Å². The van der Waals surface area contributed by atoms with Crippen LogP contribution in [0.2, 0.25) is 5.02 Å². The molecule has 8 nitrogen and oxygen atoms in total. The molecule has 1 aliphatic heterocycles. The van der Waals surface area contributed by atoms with Gasteiger partial charge in [-0.3, -0.25) is 4.79 Å². The van der Waals surface area contributed by atoms with E-state index in [4.69, 9.17) is 23.1 Å². The lowest BCUT2D eigenvalue weighted by atomic mass is 9.97. The van der Waals surface area contributed by atoms with Gasteiger partial charge in [-0.15, -0.1) is 0 Å². The van der Waals surface area contributed by atoms with E-state index < -0.39 is 0 Å². The van der Waals surface area contributed by atoms with Gasteiger partial charge in [-0.05, 0) is 24.6 Å². The summed E-state index contributed by atoms with van der Waals surface area (Å²) in [6, 6.07) is 7.45. The zero-order chi connectivity index (χ0) is 18.4. The average Bonchev–Trinajstić information content (AvgIpc) is 2.97. The summed E-state index contributed by atoms with van der Waals surface area (Å²) in [6.45, 7) is 3.08. The van der Waals surface area contributed by atoms with Crippen LogP contribution in [0.25, 0.3) is 11.2 Å². The molecule has 4 rings (SSSR count). The van der Waals surface area contributed by atoms with Crippen LogP contribution in [0.5, 0.6) is 0 Å². The number of nitrogens with two attached hydrogens (primary N) is 2. The minimum atomic E-state index is -0.221. The molecule has 3 heterocycles. The Morgan fingerprint density at radius 2 is 1.92 bits per heavy atom. The number of benzene rings is 1. The standard InChI is InChI=1S/C17H18ClN7O/c1-9(10-2-4-11(18)5-3-10)16(26)24-6-12(7-24)25-8-21-13-14(19)22-17(20)23-15(13)25/h2-5,8-9,12H,6-7H2,1H3,(H4,19,20,22,23). The van der Waals surface area contributed by atoms with Crippen molar-refractivity contribution in [3.63, 3.8) is 0 Å². The van der Waals surface area contributed by atoms with Gasteiger partial charge >= 0.3 is 0 Å². The lowest BCUT2D eigenvalue weighted by molar-refractivity contribution is -0.138. The molecule has 1 aliphatic rings. The second-order valence-corrected chi connectivity index (χ2v) is 6.90. The molecule has 0 saturated carbocycles. The van der Waals surface area contributed by atoms with Gasteiger partial charge in [0.05, 0.1) is 18.3 Å². The van der Waals surface area contributed by atoms with Crippen LogP contribution >= 0.6 is 11.6 Å². The highest BCUT2D eigenvalue weighted by Crippen LogP contribution is 2.30. The van der Waals surface area contributed by atoms with E-state index in [2.05, 4.69) is 15.0 Å². The predicted octanol–water partition coefficient (Wildman–Crippen LogP) is 1.83. The maximum absolute atomic E-state index is 12.7. The van der Waals surface area contributed by atoms with Crippen molar-refractivity contribution < 1.29 is 4.79 Å². The molecular weight excluding hydrogens is 354 g/mol. The number of hydrogen-bond donors (Lipinski definition) is 2. The highest BCUT2D eigenvalue weighted by atomic mass is 35.5. The van der Waals surface area contributed by atoms with Gasteiger partial charge in [-0.25, -0.2) is 4.98 Å². The zero-order valence-electron chi connectivity index (χ0n) is 14.1. The summed E-state index contributed by atoms with van der Waals surface area (Å²) in [5.74, 6) is 0.234. The SMILES string of the molecule is CC(C(=O)N1CC(n2cnc3c(N)nc(N)nc32)C1)c1ccc(Cl)cc1. The van der Waals surface area contributed by atoms with Crippen molar-refractivity contribution in [2.75, 3.05) is 24.6 Å². The van der Waals surface area contributed by atoms with Crippen LogP contribution < -0.4 is 11.5 Å². The molecule has 9 heteroatoms. The number of hydrogen-bond acceptors (Lipinski definition) is 6. The van der Waals surface area contributed by atoms with E-state index in [-0.39, 0.29) is 29.6 Å². The quantitative estimate of drug-likeness (QED) is 0.725. The summed E-state index contributed by atoms with van der Waals surface area (Å²) < 4.78 is 1.90. The van der Waals surface area contributed by atoms with Crippen molar-refractivity contribution in [2.45, 2.75) is 18.9 Å². The molecule has 2 aromatic heterocycles. The number of carbonyl (C=O) groups is 1. The number of nitrogen functional groups attached to an aromatic ring is 2. The molecule has 4 N–H and O–H groups in total. The van der Waals surface area contributed by atoms with Gasteiger partial charge in [0.15, 0.2) is 11.5 Å². The summed E-state index contributed by atoms with van der Waals surface area (Å²) in [5, 5.41) is 0.657. The largest absolute Gasteiger partial charge is 0.382 e.